The molecule has 1 aliphatic heterocycles. The molecule has 2 rings (SSSR count). The largest absolute Gasteiger partial charge is 0.337 e. The summed E-state index contributed by atoms with van der Waals surface area (Å²) in [5.41, 5.74) is 1.26. The molecule has 2 amide bonds. The molecule has 1 aromatic rings. The quantitative estimate of drug-likeness (QED) is 0.857. The van der Waals surface area contributed by atoms with Crippen molar-refractivity contribution in [3.63, 3.8) is 0 Å². The Morgan fingerprint density at radius 3 is 2.35 bits per heavy atom. The Morgan fingerprint density at radius 2 is 1.75 bits per heavy atom. The first-order valence-electron chi connectivity index (χ1n) is 7.00. The summed E-state index contributed by atoms with van der Waals surface area (Å²) >= 11 is 0. The van der Waals surface area contributed by atoms with Crippen molar-refractivity contribution >= 4 is 17.9 Å². The lowest BCUT2D eigenvalue weighted by Gasteiger charge is -2.27. The summed E-state index contributed by atoms with van der Waals surface area (Å²) < 4.78 is 0. The first-order valence-corrected chi connectivity index (χ1v) is 7.00. The molecule has 20 heavy (non-hydrogen) atoms. The molecule has 1 fully saturated rings. The maximum Gasteiger partial charge on any atom is 0.270 e. The minimum Gasteiger partial charge on any atom is -0.337 e. The van der Waals surface area contributed by atoms with E-state index in [2.05, 4.69) is 5.32 Å². The highest BCUT2D eigenvalue weighted by molar-refractivity contribution is 6.00. The second-order valence-corrected chi connectivity index (χ2v) is 5.00. The first kappa shape index (κ1) is 14.3. The van der Waals surface area contributed by atoms with Gasteiger partial charge in [0.15, 0.2) is 0 Å². The Bertz CT molecular complexity index is 502. The van der Waals surface area contributed by atoms with Gasteiger partial charge < -0.3 is 10.2 Å². The van der Waals surface area contributed by atoms with Crippen LogP contribution in [0.1, 0.15) is 31.7 Å². The van der Waals surface area contributed by atoms with Gasteiger partial charge in [0.2, 0.25) is 5.91 Å². The molecule has 1 aromatic carbocycles. The number of carbonyl (C=O) groups is 2. The summed E-state index contributed by atoms with van der Waals surface area (Å²) in [7, 11) is 0. The molecular formula is C16H20N2O2. The van der Waals surface area contributed by atoms with E-state index >= 15 is 0 Å². The Labute approximate surface area is 119 Å². The van der Waals surface area contributed by atoms with Crippen molar-refractivity contribution in [2.24, 2.45) is 0 Å². The second kappa shape index (κ2) is 6.89. The molecule has 1 saturated heterocycles. The predicted octanol–water partition coefficient (Wildman–Crippen LogP) is 2.18. The average Bonchev–Trinajstić information content (AvgIpc) is 2.47. The standard InChI is InChI=1S/C16H20N2O2/c1-13(19)17-15(12-14-8-4-2-5-9-14)16(20)18-10-6-3-7-11-18/h2,4-5,8-9,12H,3,6-7,10-11H2,1H3,(H,17,19). The normalized spacial score (nSPS) is 15.8. The first-order chi connectivity index (χ1) is 9.66. The van der Waals surface area contributed by atoms with Crippen molar-refractivity contribution in [1.82, 2.24) is 10.2 Å². The molecule has 0 saturated carbocycles. The number of nitrogens with zero attached hydrogens (tertiary/aromatic N) is 1. The van der Waals surface area contributed by atoms with E-state index in [1.165, 1.54) is 13.3 Å². The van der Waals surface area contributed by atoms with Crippen molar-refractivity contribution in [3.05, 3.63) is 41.6 Å². The van der Waals surface area contributed by atoms with E-state index < -0.39 is 0 Å². The third-order valence-electron chi connectivity index (χ3n) is 3.29. The molecule has 1 aliphatic rings. The van der Waals surface area contributed by atoms with Crippen LogP contribution in [0.4, 0.5) is 0 Å². The van der Waals surface area contributed by atoms with Crippen molar-refractivity contribution in [1.29, 1.82) is 0 Å². The van der Waals surface area contributed by atoms with Crippen LogP contribution in [0.5, 0.6) is 0 Å². The van der Waals surface area contributed by atoms with Crippen LogP contribution < -0.4 is 5.32 Å². The van der Waals surface area contributed by atoms with Crippen LogP contribution in [0.2, 0.25) is 0 Å². The molecule has 0 aromatic heterocycles. The van der Waals surface area contributed by atoms with E-state index in [1.54, 1.807) is 6.08 Å². The van der Waals surface area contributed by atoms with Crippen molar-refractivity contribution in [2.75, 3.05) is 13.1 Å². The molecule has 4 heteroatoms. The van der Waals surface area contributed by atoms with Gasteiger partial charge in [0.05, 0.1) is 0 Å². The fourth-order valence-electron chi connectivity index (χ4n) is 2.32. The zero-order valence-electron chi connectivity index (χ0n) is 11.8. The van der Waals surface area contributed by atoms with Crippen molar-refractivity contribution in [2.45, 2.75) is 26.2 Å². The molecule has 0 spiro atoms. The number of piperidine rings is 1. The van der Waals surface area contributed by atoms with Crippen LogP contribution in [0.3, 0.4) is 0 Å². The van der Waals surface area contributed by atoms with Gasteiger partial charge in [-0.1, -0.05) is 30.3 Å². The molecule has 1 heterocycles. The summed E-state index contributed by atoms with van der Waals surface area (Å²) in [6.07, 6.45) is 4.97. The number of hydrogen-bond donors (Lipinski definition) is 1. The van der Waals surface area contributed by atoms with Crippen molar-refractivity contribution in [3.8, 4) is 0 Å². The van der Waals surface area contributed by atoms with Crippen LogP contribution in [0, 0.1) is 0 Å². The van der Waals surface area contributed by atoms with E-state index in [0.717, 1.165) is 31.5 Å². The summed E-state index contributed by atoms with van der Waals surface area (Å²) in [6.45, 7) is 2.96. The summed E-state index contributed by atoms with van der Waals surface area (Å²) in [5.74, 6) is -0.318. The smallest absolute Gasteiger partial charge is 0.270 e. The third-order valence-corrected chi connectivity index (χ3v) is 3.29. The van der Waals surface area contributed by atoms with E-state index in [-0.39, 0.29) is 11.8 Å². The van der Waals surface area contributed by atoms with Crippen molar-refractivity contribution < 1.29 is 9.59 Å². The van der Waals surface area contributed by atoms with Crippen LogP contribution in [-0.4, -0.2) is 29.8 Å². The van der Waals surface area contributed by atoms with Gasteiger partial charge in [-0.25, -0.2) is 0 Å². The van der Waals surface area contributed by atoms with E-state index in [9.17, 15) is 9.59 Å². The van der Waals surface area contributed by atoms with Gasteiger partial charge in [-0.2, -0.15) is 0 Å². The highest BCUT2D eigenvalue weighted by Gasteiger charge is 2.20. The van der Waals surface area contributed by atoms with Gasteiger partial charge in [-0.15, -0.1) is 0 Å². The lowest BCUT2D eigenvalue weighted by molar-refractivity contribution is -0.130. The van der Waals surface area contributed by atoms with Gasteiger partial charge in [-0.3, -0.25) is 9.59 Å². The SMILES string of the molecule is CC(=O)NC(=Cc1ccccc1)C(=O)N1CCCCC1. The Balaban J connectivity index is 2.20. The van der Waals surface area contributed by atoms with E-state index in [0.29, 0.717) is 5.70 Å². The topological polar surface area (TPSA) is 49.4 Å². The van der Waals surface area contributed by atoms with Crippen LogP contribution >= 0.6 is 0 Å². The molecule has 0 bridgehead atoms. The molecule has 0 atom stereocenters. The Hall–Kier alpha value is -2.10. The molecule has 0 aliphatic carbocycles. The third kappa shape index (κ3) is 3.95. The monoisotopic (exact) mass is 272 g/mol. The highest BCUT2D eigenvalue weighted by atomic mass is 16.2. The fraction of sp³-hybridized carbons (Fsp3) is 0.375. The summed E-state index contributed by atoms with van der Waals surface area (Å²) in [6, 6.07) is 9.55. The molecule has 0 unspecified atom stereocenters. The van der Waals surface area contributed by atoms with Gasteiger partial charge in [0, 0.05) is 20.0 Å². The molecule has 0 radical (unpaired) electrons. The van der Waals surface area contributed by atoms with Gasteiger partial charge in [-0.05, 0) is 30.9 Å². The zero-order valence-corrected chi connectivity index (χ0v) is 11.8. The van der Waals surface area contributed by atoms with E-state index in [4.69, 9.17) is 0 Å². The molecular weight excluding hydrogens is 252 g/mol. The Kier molecular flexibility index (Phi) is 4.93. The van der Waals surface area contributed by atoms with Crippen LogP contribution in [0.25, 0.3) is 6.08 Å². The Morgan fingerprint density at radius 1 is 1.10 bits per heavy atom. The molecule has 4 nitrogen and oxygen atoms in total. The predicted molar refractivity (Wildman–Crippen MR) is 78.7 cm³/mol. The number of amides is 2. The highest BCUT2D eigenvalue weighted by Crippen LogP contribution is 2.13. The van der Waals surface area contributed by atoms with Crippen LogP contribution in [0.15, 0.2) is 36.0 Å². The maximum atomic E-state index is 12.5. The molecule has 106 valence electrons. The lowest BCUT2D eigenvalue weighted by Crippen LogP contribution is -2.40. The number of benzene rings is 1. The summed E-state index contributed by atoms with van der Waals surface area (Å²) in [5, 5.41) is 2.66. The minimum absolute atomic E-state index is 0.0937. The number of rotatable bonds is 3. The lowest BCUT2D eigenvalue weighted by atomic mass is 10.1. The summed E-state index contributed by atoms with van der Waals surface area (Å²) in [4.78, 5) is 25.6. The maximum absolute atomic E-state index is 12.5. The van der Waals surface area contributed by atoms with Gasteiger partial charge in [0.25, 0.3) is 5.91 Å². The number of nitrogens with one attached hydrogen (secondary N) is 1. The molecule has 1 N–H and O–H groups in total. The van der Waals surface area contributed by atoms with Crippen LogP contribution in [-0.2, 0) is 9.59 Å². The number of carbonyl (C=O) groups excluding carboxylic acids is 2. The second-order valence-electron chi connectivity index (χ2n) is 5.00. The zero-order chi connectivity index (χ0) is 14.4. The van der Waals surface area contributed by atoms with E-state index in [1.807, 2.05) is 35.2 Å². The number of likely N-dealkylation sites (tertiary alicyclic amines) is 1. The van der Waals surface area contributed by atoms with Gasteiger partial charge >= 0.3 is 0 Å². The number of hydrogen-bond acceptors (Lipinski definition) is 2. The fourth-order valence-corrected chi connectivity index (χ4v) is 2.32. The van der Waals surface area contributed by atoms with Gasteiger partial charge in [0.1, 0.15) is 5.70 Å². The minimum atomic E-state index is -0.224. The average molecular weight is 272 g/mol.